The Bertz CT molecular complexity index is 598. The van der Waals surface area contributed by atoms with Gasteiger partial charge in [0.2, 0.25) is 0 Å². The third kappa shape index (κ3) is 4.24. The van der Waals surface area contributed by atoms with E-state index in [1.165, 1.54) is 6.20 Å². The summed E-state index contributed by atoms with van der Waals surface area (Å²) in [6.45, 7) is 8.47. The third-order valence-corrected chi connectivity index (χ3v) is 4.70. The van der Waals surface area contributed by atoms with Gasteiger partial charge in [-0.3, -0.25) is 0 Å². The van der Waals surface area contributed by atoms with E-state index in [1.54, 1.807) is 6.92 Å². The average Bonchev–Trinajstić information content (AvgIpc) is 2.56. The lowest BCUT2D eigenvalue weighted by Crippen LogP contribution is -2.42. The van der Waals surface area contributed by atoms with Gasteiger partial charge in [-0.25, -0.2) is 9.78 Å². The van der Waals surface area contributed by atoms with E-state index in [0.29, 0.717) is 17.4 Å². The molecule has 1 aliphatic rings. The lowest BCUT2D eigenvalue weighted by Gasteiger charge is -2.35. The van der Waals surface area contributed by atoms with Gasteiger partial charge in [0.1, 0.15) is 5.82 Å². The number of carbonyl (C=O) groups is 1. The van der Waals surface area contributed by atoms with Gasteiger partial charge < -0.3 is 20.4 Å². The molecule has 1 aromatic heterocycles. The van der Waals surface area contributed by atoms with Gasteiger partial charge in [-0.05, 0) is 33.6 Å². The van der Waals surface area contributed by atoms with Crippen molar-refractivity contribution in [2.24, 2.45) is 0 Å². The van der Waals surface area contributed by atoms with E-state index in [4.69, 9.17) is 21.7 Å². The van der Waals surface area contributed by atoms with Crippen LogP contribution >= 0.6 is 11.6 Å². The predicted octanol–water partition coefficient (Wildman–Crippen LogP) is 3.19. The molecule has 6 nitrogen and oxygen atoms in total. The van der Waals surface area contributed by atoms with Gasteiger partial charge in [-0.2, -0.15) is 0 Å². The Morgan fingerprint density at radius 1 is 1.54 bits per heavy atom. The smallest absolute Gasteiger partial charge is 0.341 e. The number of nitrogens with zero attached hydrogens (tertiary/aromatic N) is 2. The molecule has 0 unspecified atom stereocenters. The molecule has 0 aliphatic carbocycles. The van der Waals surface area contributed by atoms with E-state index in [2.05, 4.69) is 29.0 Å². The molecular formula is C17H25ClN4O2. The molecular weight excluding hydrogens is 328 g/mol. The van der Waals surface area contributed by atoms with Gasteiger partial charge >= 0.3 is 5.97 Å². The number of pyridine rings is 1. The van der Waals surface area contributed by atoms with Crippen LogP contribution < -0.4 is 5.32 Å². The molecule has 1 aromatic rings. The highest BCUT2D eigenvalue weighted by Crippen LogP contribution is 2.27. The van der Waals surface area contributed by atoms with Gasteiger partial charge in [0, 0.05) is 37.6 Å². The van der Waals surface area contributed by atoms with Crippen molar-refractivity contribution in [3.05, 3.63) is 22.3 Å². The first kappa shape index (κ1) is 18.7. The van der Waals surface area contributed by atoms with Gasteiger partial charge in [-0.15, -0.1) is 0 Å². The fraction of sp³-hybridized carbons (Fsp3) is 0.588. The third-order valence-electron chi connectivity index (χ3n) is 4.29. The Morgan fingerprint density at radius 2 is 2.21 bits per heavy atom. The molecule has 1 aliphatic heterocycles. The maximum atomic E-state index is 11.9. The normalized spacial score (nSPS) is 16.2. The van der Waals surface area contributed by atoms with Crippen molar-refractivity contribution in [1.29, 1.82) is 5.41 Å². The quantitative estimate of drug-likeness (QED) is 0.607. The highest BCUT2D eigenvalue weighted by Gasteiger charge is 2.23. The second-order valence-electron chi connectivity index (χ2n) is 6.16. The van der Waals surface area contributed by atoms with Gasteiger partial charge in [0.05, 0.1) is 22.8 Å². The summed E-state index contributed by atoms with van der Waals surface area (Å²) in [7, 11) is 0. The van der Waals surface area contributed by atoms with E-state index < -0.39 is 5.97 Å². The van der Waals surface area contributed by atoms with E-state index >= 15 is 0 Å². The number of rotatable bonds is 6. The lowest BCUT2D eigenvalue weighted by atomic mass is 10.0. The molecule has 0 saturated carbocycles. The van der Waals surface area contributed by atoms with Crippen molar-refractivity contribution >= 4 is 29.6 Å². The zero-order valence-electron chi connectivity index (χ0n) is 14.4. The molecule has 132 valence electrons. The molecule has 0 atom stereocenters. The second-order valence-corrected chi connectivity index (χ2v) is 6.54. The molecule has 1 fully saturated rings. The minimum atomic E-state index is -0.519. The summed E-state index contributed by atoms with van der Waals surface area (Å²) in [6, 6.07) is 0.843. The summed E-state index contributed by atoms with van der Waals surface area (Å²) < 4.78 is 4.97. The van der Waals surface area contributed by atoms with Crippen LogP contribution in [0.25, 0.3) is 0 Å². The highest BCUT2D eigenvalue weighted by molar-refractivity contribution is 6.36. The summed E-state index contributed by atoms with van der Waals surface area (Å²) >= 11 is 6.29. The number of carbonyl (C=O) groups excluding carboxylic acids is 1. The van der Waals surface area contributed by atoms with Crippen molar-refractivity contribution in [3.8, 4) is 0 Å². The van der Waals surface area contributed by atoms with Crippen molar-refractivity contribution in [3.63, 3.8) is 0 Å². The van der Waals surface area contributed by atoms with Crippen LogP contribution in [-0.4, -0.2) is 53.8 Å². The van der Waals surface area contributed by atoms with Crippen LogP contribution in [0.15, 0.2) is 6.20 Å². The number of ether oxygens (including phenoxy) is 1. The maximum Gasteiger partial charge on any atom is 0.341 e. The Labute approximate surface area is 148 Å². The fourth-order valence-electron chi connectivity index (χ4n) is 2.86. The summed E-state index contributed by atoms with van der Waals surface area (Å²) in [5.41, 5.74) is 0.616. The zero-order valence-corrected chi connectivity index (χ0v) is 15.2. The number of aromatic nitrogens is 1. The van der Waals surface area contributed by atoms with E-state index in [9.17, 15) is 4.79 Å². The Morgan fingerprint density at radius 3 is 2.75 bits per heavy atom. The predicted molar refractivity (Wildman–Crippen MR) is 96.4 cm³/mol. The number of nitrogens with one attached hydrogen (secondary N) is 2. The van der Waals surface area contributed by atoms with Crippen LogP contribution in [0.2, 0.25) is 5.02 Å². The van der Waals surface area contributed by atoms with Crippen molar-refractivity contribution in [2.75, 3.05) is 25.0 Å². The molecule has 1 saturated heterocycles. The molecule has 24 heavy (non-hydrogen) atoms. The van der Waals surface area contributed by atoms with Gasteiger partial charge in [0.15, 0.2) is 0 Å². The summed E-state index contributed by atoms with van der Waals surface area (Å²) in [6.07, 6.45) is 4.56. The summed E-state index contributed by atoms with van der Waals surface area (Å²) in [5, 5.41) is 11.2. The fourth-order valence-corrected chi connectivity index (χ4v) is 3.13. The number of hydrogen-bond acceptors (Lipinski definition) is 6. The van der Waals surface area contributed by atoms with E-state index in [1.807, 2.05) is 0 Å². The monoisotopic (exact) mass is 352 g/mol. The molecule has 2 N–H and O–H groups in total. The molecule has 0 amide bonds. The molecule has 7 heteroatoms. The molecule has 2 heterocycles. The van der Waals surface area contributed by atoms with E-state index in [0.717, 1.165) is 32.1 Å². The lowest BCUT2D eigenvalue weighted by molar-refractivity contribution is 0.0526. The number of anilines is 1. The van der Waals surface area contributed by atoms with E-state index in [-0.39, 0.29) is 23.2 Å². The number of hydrogen-bond donors (Lipinski definition) is 2. The van der Waals surface area contributed by atoms with Crippen LogP contribution in [0, 0.1) is 5.41 Å². The van der Waals surface area contributed by atoms with Crippen LogP contribution in [0.5, 0.6) is 0 Å². The SMILES string of the molecule is CCOC(=O)c1cnc(NC2CCN(C(C)C)CC2)c(C=N)c1Cl. The topological polar surface area (TPSA) is 78.3 Å². The molecule has 2 rings (SSSR count). The number of halogens is 1. The molecule has 0 spiro atoms. The largest absolute Gasteiger partial charge is 0.462 e. The molecule has 0 radical (unpaired) electrons. The summed E-state index contributed by atoms with van der Waals surface area (Å²) in [5.74, 6) is 0.0286. The van der Waals surface area contributed by atoms with Gasteiger partial charge in [0.25, 0.3) is 0 Å². The van der Waals surface area contributed by atoms with Crippen molar-refractivity contribution in [1.82, 2.24) is 9.88 Å². The Balaban J connectivity index is 2.12. The minimum Gasteiger partial charge on any atom is -0.462 e. The van der Waals surface area contributed by atoms with Crippen molar-refractivity contribution in [2.45, 2.75) is 45.7 Å². The second kappa shape index (κ2) is 8.44. The number of piperidine rings is 1. The zero-order chi connectivity index (χ0) is 17.7. The number of likely N-dealkylation sites (tertiary alicyclic amines) is 1. The Kier molecular flexibility index (Phi) is 6.57. The first-order valence-corrected chi connectivity index (χ1v) is 8.72. The van der Waals surface area contributed by atoms with Gasteiger partial charge in [-0.1, -0.05) is 11.6 Å². The van der Waals surface area contributed by atoms with Crippen LogP contribution in [0.1, 0.15) is 49.5 Å². The first-order valence-electron chi connectivity index (χ1n) is 8.34. The van der Waals surface area contributed by atoms with Crippen molar-refractivity contribution < 1.29 is 9.53 Å². The molecule has 0 aromatic carbocycles. The average molecular weight is 353 g/mol. The molecule has 0 bridgehead atoms. The van der Waals surface area contributed by atoms with Crippen LogP contribution in [0.3, 0.4) is 0 Å². The number of esters is 1. The van der Waals surface area contributed by atoms with Crippen LogP contribution in [-0.2, 0) is 4.74 Å². The Hall–Kier alpha value is -1.66. The first-order chi connectivity index (χ1) is 11.5. The summed E-state index contributed by atoms with van der Waals surface area (Å²) in [4.78, 5) is 18.6. The standard InChI is InChI=1S/C17H25ClN4O2/c1-4-24-17(23)14-10-20-16(13(9-19)15(14)18)21-12-5-7-22(8-6-12)11(2)3/h9-12,19H,4-8H2,1-3H3,(H,20,21). The highest BCUT2D eigenvalue weighted by atomic mass is 35.5. The maximum absolute atomic E-state index is 11.9. The minimum absolute atomic E-state index is 0.192. The van der Waals surface area contributed by atoms with Crippen LogP contribution in [0.4, 0.5) is 5.82 Å².